The van der Waals surface area contributed by atoms with Crippen LogP contribution in [0.1, 0.15) is 31.2 Å². The highest BCUT2D eigenvalue weighted by molar-refractivity contribution is 7.89. The van der Waals surface area contributed by atoms with Crippen LogP contribution in [0.5, 0.6) is 5.75 Å². The molecule has 0 unspecified atom stereocenters. The molecule has 0 bridgehead atoms. The van der Waals surface area contributed by atoms with Gasteiger partial charge in [0.2, 0.25) is 10.0 Å². The highest BCUT2D eigenvalue weighted by Gasteiger charge is 2.37. The zero-order chi connectivity index (χ0) is 17.2. The fraction of sp³-hybridized carbons (Fsp3) is 0.412. The van der Waals surface area contributed by atoms with Crippen molar-refractivity contribution in [3.05, 3.63) is 45.6 Å². The zero-order valence-corrected chi connectivity index (χ0v) is 15.8. The Balaban J connectivity index is 1.86. The van der Waals surface area contributed by atoms with Gasteiger partial charge in [0.05, 0.1) is 7.11 Å². The number of sulfonamides is 1. The first-order chi connectivity index (χ1) is 11.5. The predicted molar refractivity (Wildman–Crippen MR) is 97.7 cm³/mol. The van der Waals surface area contributed by atoms with Gasteiger partial charge in [0.15, 0.2) is 0 Å². The summed E-state index contributed by atoms with van der Waals surface area (Å²) in [5.41, 5.74) is 1.12. The number of hydrogen-bond donors (Lipinski definition) is 1. The Morgan fingerprint density at radius 1 is 1.29 bits per heavy atom. The normalized spacial score (nSPS) is 17.1. The molecule has 4 nitrogen and oxygen atoms in total. The Bertz CT molecular complexity index is 797. The SMILES string of the molecule is COc1ccc(Cl)cc1S(=O)(=O)NCC1(c2ccsc2)CCCC1. The van der Waals surface area contributed by atoms with E-state index in [0.29, 0.717) is 17.3 Å². The van der Waals surface area contributed by atoms with E-state index in [0.717, 1.165) is 25.7 Å². The van der Waals surface area contributed by atoms with E-state index in [-0.39, 0.29) is 10.3 Å². The summed E-state index contributed by atoms with van der Waals surface area (Å²) in [6, 6.07) is 6.71. The molecule has 1 aromatic carbocycles. The summed E-state index contributed by atoms with van der Waals surface area (Å²) in [4.78, 5) is 0.0796. The summed E-state index contributed by atoms with van der Waals surface area (Å²) < 4.78 is 33.5. The molecule has 1 aliphatic rings. The van der Waals surface area contributed by atoms with Gasteiger partial charge < -0.3 is 4.74 Å². The number of thiophene rings is 1. The van der Waals surface area contributed by atoms with E-state index < -0.39 is 10.0 Å². The van der Waals surface area contributed by atoms with Crippen LogP contribution >= 0.6 is 22.9 Å². The van der Waals surface area contributed by atoms with Crippen molar-refractivity contribution >= 4 is 33.0 Å². The molecule has 130 valence electrons. The maximum absolute atomic E-state index is 12.8. The van der Waals surface area contributed by atoms with Gasteiger partial charge in [0.25, 0.3) is 0 Å². The number of rotatable bonds is 6. The van der Waals surface area contributed by atoms with Crippen molar-refractivity contribution in [2.75, 3.05) is 13.7 Å². The molecule has 2 aromatic rings. The minimum Gasteiger partial charge on any atom is -0.495 e. The molecule has 0 aliphatic heterocycles. The number of hydrogen-bond acceptors (Lipinski definition) is 4. The Morgan fingerprint density at radius 3 is 2.67 bits per heavy atom. The number of ether oxygens (including phenoxy) is 1. The topological polar surface area (TPSA) is 55.4 Å². The van der Waals surface area contributed by atoms with Crippen molar-refractivity contribution in [3.8, 4) is 5.75 Å². The van der Waals surface area contributed by atoms with E-state index in [1.165, 1.54) is 18.7 Å². The standard InChI is InChI=1S/C17H20ClNO3S2/c1-22-15-5-4-14(18)10-16(15)24(20,21)19-12-17(7-2-3-8-17)13-6-9-23-11-13/h4-6,9-11,19H,2-3,7-8,12H2,1H3. The summed E-state index contributed by atoms with van der Waals surface area (Å²) in [7, 11) is -2.25. The van der Waals surface area contributed by atoms with E-state index >= 15 is 0 Å². The van der Waals surface area contributed by atoms with Crippen molar-refractivity contribution < 1.29 is 13.2 Å². The van der Waals surface area contributed by atoms with E-state index in [9.17, 15) is 8.42 Å². The lowest BCUT2D eigenvalue weighted by atomic mass is 9.81. The first-order valence-electron chi connectivity index (χ1n) is 7.83. The molecule has 7 heteroatoms. The molecule has 0 amide bonds. The molecule has 1 aliphatic carbocycles. The van der Waals surface area contributed by atoms with Crippen molar-refractivity contribution in [3.63, 3.8) is 0 Å². The Labute approximate surface area is 151 Å². The molecule has 0 radical (unpaired) electrons. The zero-order valence-electron chi connectivity index (χ0n) is 13.4. The highest BCUT2D eigenvalue weighted by atomic mass is 35.5. The maximum Gasteiger partial charge on any atom is 0.244 e. The fourth-order valence-electron chi connectivity index (χ4n) is 3.36. The Kier molecular flexibility index (Phi) is 5.20. The summed E-state index contributed by atoms with van der Waals surface area (Å²) in [6.45, 7) is 0.391. The predicted octanol–water partition coefficient (Wildman–Crippen LogP) is 4.20. The van der Waals surface area contributed by atoms with Gasteiger partial charge in [-0.15, -0.1) is 0 Å². The molecule has 1 N–H and O–H groups in total. The van der Waals surface area contributed by atoms with Crippen LogP contribution < -0.4 is 9.46 Å². The lowest BCUT2D eigenvalue weighted by molar-refractivity contribution is 0.400. The van der Waals surface area contributed by atoms with E-state index in [1.54, 1.807) is 23.5 Å². The van der Waals surface area contributed by atoms with Crippen molar-refractivity contribution in [1.29, 1.82) is 0 Å². The van der Waals surface area contributed by atoms with E-state index in [2.05, 4.69) is 16.2 Å². The van der Waals surface area contributed by atoms with Gasteiger partial charge in [0, 0.05) is 17.0 Å². The Morgan fingerprint density at radius 2 is 2.04 bits per heavy atom. The molecule has 1 aromatic heterocycles. The lowest BCUT2D eigenvalue weighted by Gasteiger charge is -2.28. The number of methoxy groups -OCH3 is 1. The highest BCUT2D eigenvalue weighted by Crippen LogP contribution is 2.41. The molecular weight excluding hydrogens is 366 g/mol. The van der Waals surface area contributed by atoms with E-state index in [1.807, 2.05) is 5.38 Å². The second-order valence-electron chi connectivity index (χ2n) is 6.12. The van der Waals surface area contributed by atoms with Gasteiger partial charge in [-0.3, -0.25) is 0 Å². The van der Waals surface area contributed by atoms with Crippen LogP contribution in [0.3, 0.4) is 0 Å². The van der Waals surface area contributed by atoms with Gasteiger partial charge in [-0.1, -0.05) is 24.4 Å². The van der Waals surface area contributed by atoms with Crippen LogP contribution in [0.15, 0.2) is 39.9 Å². The molecule has 0 saturated heterocycles. The van der Waals surface area contributed by atoms with Gasteiger partial charge >= 0.3 is 0 Å². The molecule has 3 rings (SSSR count). The second-order valence-corrected chi connectivity index (χ2v) is 9.07. The summed E-state index contributed by atoms with van der Waals surface area (Å²) in [5.74, 6) is 0.294. The van der Waals surface area contributed by atoms with Crippen molar-refractivity contribution in [1.82, 2.24) is 4.72 Å². The fourth-order valence-corrected chi connectivity index (χ4v) is 5.69. The average Bonchev–Trinajstić information content (AvgIpc) is 3.25. The van der Waals surface area contributed by atoms with Crippen LogP contribution in [0.25, 0.3) is 0 Å². The third-order valence-electron chi connectivity index (χ3n) is 4.71. The molecule has 1 saturated carbocycles. The minimum atomic E-state index is -3.70. The molecule has 0 atom stereocenters. The second kappa shape index (κ2) is 7.04. The average molecular weight is 386 g/mol. The van der Waals surface area contributed by atoms with E-state index in [4.69, 9.17) is 16.3 Å². The monoisotopic (exact) mass is 385 g/mol. The molecular formula is C17H20ClNO3S2. The van der Waals surface area contributed by atoms with Crippen LogP contribution in [-0.2, 0) is 15.4 Å². The molecule has 0 spiro atoms. The largest absolute Gasteiger partial charge is 0.495 e. The number of nitrogens with one attached hydrogen (secondary N) is 1. The Hall–Kier alpha value is -1.08. The number of halogens is 1. The first kappa shape index (κ1) is 17.7. The summed E-state index contributed by atoms with van der Waals surface area (Å²) in [5, 5.41) is 4.54. The molecule has 1 fully saturated rings. The van der Waals surface area contributed by atoms with Gasteiger partial charge in [-0.2, -0.15) is 11.3 Å². The molecule has 24 heavy (non-hydrogen) atoms. The van der Waals surface area contributed by atoms with Crippen LogP contribution in [0, 0.1) is 0 Å². The van der Waals surface area contributed by atoms with Crippen LogP contribution in [-0.4, -0.2) is 22.1 Å². The maximum atomic E-state index is 12.8. The van der Waals surface area contributed by atoms with Crippen molar-refractivity contribution in [2.24, 2.45) is 0 Å². The molecule has 1 heterocycles. The summed E-state index contributed by atoms with van der Waals surface area (Å²) in [6.07, 6.45) is 4.24. The first-order valence-corrected chi connectivity index (χ1v) is 10.6. The lowest BCUT2D eigenvalue weighted by Crippen LogP contribution is -2.38. The quantitative estimate of drug-likeness (QED) is 0.810. The minimum absolute atomic E-state index is 0.0796. The van der Waals surface area contributed by atoms with Gasteiger partial charge in [0.1, 0.15) is 10.6 Å². The third kappa shape index (κ3) is 3.47. The van der Waals surface area contributed by atoms with Crippen molar-refractivity contribution in [2.45, 2.75) is 36.0 Å². The van der Waals surface area contributed by atoms with Crippen LogP contribution in [0.4, 0.5) is 0 Å². The van der Waals surface area contributed by atoms with Gasteiger partial charge in [-0.25, -0.2) is 13.1 Å². The number of benzene rings is 1. The summed E-state index contributed by atoms with van der Waals surface area (Å²) >= 11 is 7.62. The smallest absolute Gasteiger partial charge is 0.244 e. The van der Waals surface area contributed by atoms with Crippen LogP contribution in [0.2, 0.25) is 5.02 Å². The van der Waals surface area contributed by atoms with Gasteiger partial charge in [-0.05, 0) is 53.4 Å². The third-order valence-corrected chi connectivity index (χ3v) is 7.05.